The number of nitrogen functional groups attached to an aromatic ring is 1. The summed E-state index contributed by atoms with van der Waals surface area (Å²) in [5.74, 6) is 1.75. The number of nitrogens with zero attached hydrogens (tertiary/aromatic N) is 2. The first kappa shape index (κ1) is 11.6. The molecule has 0 saturated heterocycles. The molecule has 0 atom stereocenters. The largest absolute Gasteiger partial charge is 0.467 e. The Kier molecular flexibility index (Phi) is 2.87. The molecule has 5 heteroatoms. The van der Waals surface area contributed by atoms with E-state index >= 15 is 0 Å². The predicted molar refractivity (Wildman–Crippen MR) is 75.9 cm³/mol. The Balaban J connectivity index is 1.92. The third-order valence-corrected chi connectivity index (χ3v) is 3.10. The van der Waals surface area contributed by atoms with Gasteiger partial charge in [-0.25, -0.2) is 4.98 Å². The van der Waals surface area contributed by atoms with Crippen LogP contribution in [0.3, 0.4) is 0 Å². The number of benzene rings is 1. The number of rotatable bonds is 4. The second-order valence-corrected chi connectivity index (χ2v) is 4.43. The number of imidazole rings is 1. The van der Waals surface area contributed by atoms with E-state index in [0.717, 1.165) is 35.0 Å². The molecule has 5 nitrogen and oxygen atoms in total. The molecule has 1 aromatic carbocycles. The molecule has 98 valence electrons. The first-order valence-electron chi connectivity index (χ1n) is 6.29. The predicted octanol–water partition coefficient (Wildman–Crippen LogP) is 2.76. The second kappa shape index (κ2) is 4.68. The summed E-state index contributed by atoms with van der Waals surface area (Å²) in [5.41, 5.74) is 8.38. The number of fused-ring (bicyclic) bond motifs is 1. The van der Waals surface area contributed by atoms with Crippen molar-refractivity contribution in [3.63, 3.8) is 0 Å². The topological polar surface area (TPSA) is 71.1 Å². The zero-order chi connectivity index (χ0) is 13.2. The third-order valence-electron chi connectivity index (χ3n) is 3.10. The van der Waals surface area contributed by atoms with Gasteiger partial charge >= 0.3 is 0 Å². The van der Waals surface area contributed by atoms with E-state index in [0.29, 0.717) is 6.54 Å². The maximum Gasteiger partial charge on any atom is 0.204 e. The van der Waals surface area contributed by atoms with Crippen LogP contribution in [0.1, 0.15) is 12.7 Å². The number of aromatic nitrogens is 2. The lowest BCUT2D eigenvalue weighted by atomic mass is 10.3. The number of nitrogens with one attached hydrogen (secondary N) is 1. The van der Waals surface area contributed by atoms with Crippen LogP contribution in [0.4, 0.5) is 11.6 Å². The average Bonchev–Trinajstić information content (AvgIpc) is 3.03. The van der Waals surface area contributed by atoms with E-state index < -0.39 is 0 Å². The van der Waals surface area contributed by atoms with Gasteiger partial charge in [-0.05, 0) is 37.3 Å². The van der Waals surface area contributed by atoms with E-state index in [1.165, 1.54) is 0 Å². The SMILES string of the molecule is CCN(Cc1ccco1)c1nc2ccc(N)cc2[nH]1. The highest BCUT2D eigenvalue weighted by Gasteiger charge is 2.11. The Morgan fingerprint density at radius 3 is 3.00 bits per heavy atom. The maximum atomic E-state index is 5.78. The molecule has 2 heterocycles. The van der Waals surface area contributed by atoms with Gasteiger partial charge in [0.2, 0.25) is 5.95 Å². The highest BCUT2D eigenvalue weighted by atomic mass is 16.3. The monoisotopic (exact) mass is 256 g/mol. The van der Waals surface area contributed by atoms with Crippen LogP contribution in [-0.4, -0.2) is 16.5 Å². The lowest BCUT2D eigenvalue weighted by Gasteiger charge is -2.18. The molecule has 0 amide bonds. The van der Waals surface area contributed by atoms with Crippen molar-refractivity contribution in [3.8, 4) is 0 Å². The first-order valence-corrected chi connectivity index (χ1v) is 6.29. The summed E-state index contributed by atoms with van der Waals surface area (Å²) in [4.78, 5) is 9.99. The molecule has 19 heavy (non-hydrogen) atoms. The number of anilines is 2. The summed E-state index contributed by atoms with van der Waals surface area (Å²) in [7, 11) is 0. The van der Waals surface area contributed by atoms with Crippen molar-refractivity contribution < 1.29 is 4.42 Å². The standard InChI is InChI=1S/C14H16N4O/c1-2-18(9-11-4-3-7-19-11)14-16-12-6-5-10(15)8-13(12)17-14/h3-8H,2,9,15H2,1H3,(H,16,17). The fraction of sp³-hybridized carbons (Fsp3) is 0.214. The quantitative estimate of drug-likeness (QED) is 0.704. The van der Waals surface area contributed by atoms with Gasteiger partial charge in [-0.2, -0.15) is 0 Å². The minimum absolute atomic E-state index is 0.693. The number of nitrogens with two attached hydrogens (primary N) is 1. The fourth-order valence-corrected chi connectivity index (χ4v) is 2.09. The lowest BCUT2D eigenvalue weighted by molar-refractivity contribution is 0.502. The summed E-state index contributed by atoms with van der Waals surface area (Å²) in [5, 5.41) is 0. The zero-order valence-electron chi connectivity index (χ0n) is 10.8. The molecule has 0 radical (unpaired) electrons. The molecule has 0 aliphatic rings. The molecule has 3 aromatic rings. The summed E-state index contributed by atoms with van der Waals surface area (Å²) in [6, 6.07) is 9.53. The van der Waals surface area contributed by atoms with Crippen LogP contribution in [0, 0.1) is 0 Å². The van der Waals surface area contributed by atoms with Crippen molar-refractivity contribution in [1.82, 2.24) is 9.97 Å². The summed E-state index contributed by atoms with van der Waals surface area (Å²) in [6.45, 7) is 3.62. The first-order chi connectivity index (χ1) is 9.26. The van der Waals surface area contributed by atoms with Crippen LogP contribution in [0.15, 0.2) is 41.0 Å². The highest BCUT2D eigenvalue weighted by Crippen LogP contribution is 2.20. The van der Waals surface area contributed by atoms with Crippen LogP contribution < -0.4 is 10.6 Å². The molecule has 2 aromatic heterocycles. The Morgan fingerprint density at radius 1 is 1.37 bits per heavy atom. The number of hydrogen-bond acceptors (Lipinski definition) is 4. The van der Waals surface area contributed by atoms with Crippen molar-refractivity contribution in [2.75, 3.05) is 17.2 Å². The normalized spacial score (nSPS) is 11.0. The van der Waals surface area contributed by atoms with E-state index in [2.05, 4.69) is 21.8 Å². The van der Waals surface area contributed by atoms with E-state index in [9.17, 15) is 0 Å². The van der Waals surface area contributed by atoms with E-state index in [-0.39, 0.29) is 0 Å². The van der Waals surface area contributed by atoms with Gasteiger partial charge in [0.25, 0.3) is 0 Å². The van der Waals surface area contributed by atoms with Gasteiger partial charge < -0.3 is 20.0 Å². The van der Waals surface area contributed by atoms with E-state index in [1.54, 1.807) is 6.26 Å². The lowest BCUT2D eigenvalue weighted by Crippen LogP contribution is -2.22. The molecule has 0 aliphatic carbocycles. The van der Waals surface area contributed by atoms with Gasteiger partial charge in [-0.3, -0.25) is 0 Å². The average molecular weight is 256 g/mol. The Morgan fingerprint density at radius 2 is 2.26 bits per heavy atom. The molecule has 0 aliphatic heterocycles. The van der Waals surface area contributed by atoms with Crippen molar-refractivity contribution in [1.29, 1.82) is 0 Å². The van der Waals surface area contributed by atoms with Gasteiger partial charge in [0, 0.05) is 12.2 Å². The Bertz CT molecular complexity index is 672. The van der Waals surface area contributed by atoms with Crippen molar-refractivity contribution in [2.45, 2.75) is 13.5 Å². The van der Waals surface area contributed by atoms with Crippen LogP contribution in [0.2, 0.25) is 0 Å². The van der Waals surface area contributed by atoms with E-state index in [4.69, 9.17) is 10.2 Å². The molecule has 3 rings (SSSR count). The molecule has 0 fully saturated rings. The summed E-state index contributed by atoms with van der Waals surface area (Å²) in [6.07, 6.45) is 1.68. The molecular formula is C14H16N4O. The highest BCUT2D eigenvalue weighted by molar-refractivity contribution is 5.80. The van der Waals surface area contributed by atoms with Crippen LogP contribution in [-0.2, 0) is 6.54 Å². The number of furan rings is 1. The van der Waals surface area contributed by atoms with Crippen molar-refractivity contribution in [3.05, 3.63) is 42.4 Å². The molecule has 0 unspecified atom stereocenters. The van der Waals surface area contributed by atoms with E-state index in [1.807, 2.05) is 30.3 Å². The van der Waals surface area contributed by atoms with Gasteiger partial charge in [0.05, 0.1) is 23.8 Å². The molecule has 0 saturated carbocycles. The molecular weight excluding hydrogens is 240 g/mol. The zero-order valence-corrected chi connectivity index (χ0v) is 10.8. The summed E-state index contributed by atoms with van der Waals surface area (Å²) >= 11 is 0. The Labute approximate surface area is 111 Å². The fourth-order valence-electron chi connectivity index (χ4n) is 2.09. The van der Waals surface area contributed by atoms with Crippen molar-refractivity contribution in [2.24, 2.45) is 0 Å². The second-order valence-electron chi connectivity index (χ2n) is 4.43. The third kappa shape index (κ3) is 2.27. The van der Waals surface area contributed by atoms with Crippen molar-refractivity contribution >= 4 is 22.7 Å². The van der Waals surface area contributed by atoms with Gasteiger partial charge in [-0.1, -0.05) is 0 Å². The van der Waals surface area contributed by atoms with Crippen LogP contribution >= 0.6 is 0 Å². The molecule has 3 N–H and O–H groups in total. The van der Waals surface area contributed by atoms with Gasteiger partial charge in [0.1, 0.15) is 5.76 Å². The molecule has 0 spiro atoms. The number of aromatic amines is 1. The Hall–Kier alpha value is -2.43. The number of H-pyrrole nitrogens is 1. The van der Waals surface area contributed by atoms with Crippen LogP contribution in [0.5, 0.6) is 0 Å². The maximum absolute atomic E-state index is 5.78. The minimum Gasteiger partial charge on any atom is -0.467 e. The van der Waals surface area contributed by atoms with Gasteiger partial charge in [-0.15, -0.1) is 0 Å². The minimum atomic E-state index is 0.693. The van der Waals surface area contributed by atoms with Crippen LogP contribution in [0.25, 0.3) is 11.0 Å². The van der Waals surface area contributed by atoms with Gasteiger partial charge in [0.15, 0.2) is 0 Å². The molecule has 0 bridgehead atoms. The number of hydrogen-bond donors (Lipinski definition) is 2. The smallest absolute Gasteiger partial charge is 0.204 e. The summed E-state index contributed by atoms with van der Waals surface area (Å²) < 4.78 is 5.38.